The molecular formula is C23H14Cl3N7O. The van der Waals surface area contributed by atoms with Crippen LogP contribution in [0.25, 0.3) is 28.2 Å². The number of hydrogen-bond donors (Lipinski definition) is 2. The number of carbonyl (C=O) groups is 1. The molecule has 0 atom stereocenters. The van der Waals surface area contributed by atoms with Crippen LogP contribution in [0.3, 0.4) is 0 Å². The predicted octanol–water partition coefficient (Wildman–Crippen LogP) is 5.59. The smallest absolute Gasteiger partial charge is 0.271 e. The third kappa shape index (κ3) is 4.26. The van der Waals surface area contributed by atoms with E-state index in [0.29, 0.717) is 49.0 Å². The summed E-state index contributed by atoms with van der Waals surface area (Å²) in [6.07, 6.45) is 4.43. The van der Waals surface area contributed by atoms with Crippen LogP contribution in [0, 0.1) is 0 Å². The lowest BCUT2D eigenvalue weighted by molar-refractivity contribution is 0.0962. The average Bonchev–Trinajstić information content (AvgIpc) is 3.23. The van der Waals surface area contributed by atoms with E-state index in [1.54, 1.807) is 48.7 Å². The molecule has 34 heavy (non-hydrogen) atoms. The van der Waals surface area contributed by atoms with E-state index in [1.165, 1.54) is 12.5 Å². The van der Waals surface area contributed by atoms with Gasteiger partial charge in [-0.25, -0.2) is 15.0 Å². The molecule has 0 saturated carbocycles. The number of hydrogen-bond acceptors (Lipinski definition) is 6. The van der Waals surface area contributed by atoms with Crippen molar-refractivity contribution in [3.05, 3.63) is 93.9 Å². The highest BCUT2D eigenvalue weighted by molar-refractivity contribution is 6.36. The molecular weight excluding hydrogens is 497 g/mol. The minimum absolute atomic E-state index is 0.307. The number of anilines is 1. The van der Waals surface area contributed by atoms with Crippen LogP contribution in [-0.4, -0.2) is 30.4 Å². The summed E-state index contributed by atoms with van der Waals surface area (Å²) < 4.78 is 1.83. The number of benzene rings is 2. The molecule has 2 aromatic carbocycles. The lowest BCUT2D eigenvalue weighted by Gasteiger charge is -2.10. The molecule has 5 aromatic rings. The fourth-order valence-corrected chi connectivity index (χ4v) is 3.97. The molecule has 0 bridgehead atoms. The number of rotatable bonds is 5. The van der Waals surface area contributed by atoms with Gasteiger partial charge in [0.1, 0.15) is 12.2 Å². The Morgan fingerprint density at radius 3 is 2.47 bits per heavy atom. The van der Waals surface area contributed by atoms with Gasteiger partial charge in [-0.2, -0.15) is 0 Å². The van der Waals surface area contributed by atoms with Crippen molar-refractivity contribution in [2.24, 2.45) is 0 Å². The molecule has 5 rings (SSSR count). The molecule has 11 heteroatoms. The molecule has 0 aliphatic carbocycles. The molecule has 0 spiro atoms. The van der Waals surface area contributed by atoms with Crippen molar-refractivity contribution in [3.63, 3.8) is 0 Å². The van der Waals surface area contributed by atoms with Crippen molar-refractivity contribution >= 4 is 57.7 Å². The van der Waals surface area contributed by atoms with E-state index in [9.17, 15) is 4.79 Å². The van der Waals surface area contributed by atoms with Crippen LogP contribution in [0.5, 0.6) is 0 Å². The van der Waals surface area contributed by atoms with Crippen LogP contribution in [0.2, 0.25) is 15.1 Å². The Kier molecular flexibility index (Phi) is 6.02. The van der Waals surface area contributed by atoms with Gasteiger partial charge in [0.2, 0.25) is 0 Å². The second kappa shape index (κ2) is 9.26. The third-order valence-corrected chi connectivity index (χ3v) is 5.72. The summed E-state index contributed by atoms with van der Waals surface area (Å²) >= 11 is 18.7. The van der Waals surface area contributed by atoms with Gasteiger partial charge in [-0.05, 0) is 54.6 Å². The van der Waals surface area contributed by atoms with Crippen LogP contribution >= 0.6 is 34.8 Å². The second-order valence-corrected chi connectivity index (χ2v) is 8.37. The number of hydrazine groups is 1. The van der Waals surface area contributed by atoms with Crippen molar-refractivity contribution in [2.45, 2.75) is 0 Å². The Hall–Kier alpha value is -3.72. The molecule has 0 fully saturated rings. The molecule has 3 aromatic heterocycles. The van der Waals surface area contributed by atoms with Crippen LogP contribution in [0.1, 0.15) is 10.4 Å². The van der Waals surface area contributed by atoms with Crippen molar-refractivity contribution in [2.75, 3.05) is 5.43 Å². The van der Waals surface area contributed by atoms with E-state index in [-0.39, 0.29) is 5.91 Å². The first kappa shape index (κ1) is 22.1. The summed E-state index contributed by atoms with van der Waals surface area (Å²) in [5, 5.41) is 1.52. The van der Waals surface area contributed by atoms with Crippen LogP contribution in [-0.2, 0) is 0 Å². The van der Waals surface area contributed by atoms with E-state index in [1.807, 2.05) is 16.7 Å². The van der Waals surface area contributed by atoms with Gasteiger partial charge in [0.25, 0.3) is 5.91 Å². The standard InChI is InChI=1S/C23H14Cl3N7O/c24-14-3-6-16(7-4-14)33-21(17-8-5-15(25)10-18(17)26)30-19-20(28-12-29-22(19)33)31-32-23(34)13-2-1-9-27-11-13/h1-12H,(H,32,34)(H,28,29,31). The second-order valence-electron chi connectivity index (χ2n) is 7.09. The largest absolute Gasteiger partial charge is 0.280 e. The molecule has 1 amide bonds. The Balaban J connectivity index is 1.63. The Labute approximate surface area is 208 Å². The average molecular weight is 511 g/mol. The number of fused-ring (bicyclic) bond motifs is 1. The fourth-order valence-electron chi connectivity index (χ4n) is 3.36. The monoisotopic (exact) mass is 509 g/mol. The number of amides is 1. The van der Waals surface area contributed by atoms with Gasteiger partial charge in [0.15, 0.2) is 17.0 Å². The van der Waals surface area contributed by atoms with Gasteiger partial charge in [0.05, 0.1) is 10.6 Å². The summed E-state index contributed by atoms with van der Waals surface area (Å²) in [5.74, 6) is 0.445. The van der Waals surface area contributed by atoms with Crippen LogP contribution in [0.15, 0.2) is 73.3 Å². The summed E-state index contributed by atoms with van der Waals surface area (Å²) in [4.78, 5) is 29.9. The van der Waals surface area contributed by atoms with E-state index in [2.05, 4.69) is 25.8 Å². The number of nitrogens with zero attached hydrogens (tertiary/aromatic N) is 5. The van der Waals surface area contributed by atoms with E-state index in [4.69, 9.17) is 39.8 Å². The fraction of sp³-hybridized carbons (Fsp3) is 0. The maximum Gasteiger partial charge on any atom is 0.271 e. The molecule has 0 saturated heterocycles. The van der Waals surface area contributed by atoms with Crippen molar-refractivity contribution in [1.29, 1.82) is 0 Å². The zero-order valence-electron chi connectivity index (χ0n) is 17.2. The van der Waals surface area contributed by atoms with Gasteiger partial charge in [-0.1, -0.05) is 34.8 Å². The number of imidazole rings is 1. The highest BCUT2D eigenvalue weighted by Gasteiger charge is 2.21. The molecule has 0 radical (unpaired) electrons. The van der Waals surface area contributed by atoms with Gasteiger partial charge in [-0.3, -0.25) is 25.2 Å². The molecule has 8 nitrogen and oxygen atoms in total. The number of pyridine rings is 1. The molecule has 2 N–H and O–H groups in total. The van der Waals surface area contributed by atoms with Crippen LogP contribution < -0.4 is 10.9 Å². The summed E-state index contributed by atoms with van der Waals surface area (Å²) in [5.41, 5.74) is 8.16. The summed E-state index contributed by atoms with van der Waals surface area (Å²) in [6.45, 7) is 0. The minimum atomic E-state index is -0.377. The highest BCUT2D eigenvalue weighted by Crippen LogP contribution is 2.35. The number of carbonyl (C=O) groups excluding carboxylic acids is 1. The molecule has 0 aliphatic rings. The Morgan fingerprint density at radius 2 is 1.74 bits per heavy atom. The van der Waals surface area contributed by atoms with Gasteiger partial charge in [-0.15, -0.1) is 0 Å². The van der Waals surface area contributed by atoms with Crippen molar-refractivity contribution in [1.82, 2.24) is 29.9 Å². The first-order valence-electron chi connectivity index (χ1n) is 9.92. The topological polar surface area (TPSA) is 97.6 Å². The zero-order chi connectivity index (χ0) is 23.7. The zero-order valence-corrected chi connectivity index (χ0v) is 19.5. The molecule has 3 heterocycles. The lowest BCUT2D eigenvalue weighted by Crippen LogP contribution is -2.30. The van der Waals surface area contributed by atoms with E-state index >= 15 is 0 Å². The maximum absolute atomic E-state index is 12.5. The predicted molar refractivity (Wildman–Crippen MR) is 132 cm³/mol. The Bertz CT molecular complexity index is 1510. The van der Waals surface area contributed by atoms with Gasteiger partial charge >= 0.3 is 0 Å². The molecule has 0 aliphatic heterocycles. The number of halogens is 3. The van der Waals surface area contributed by atoms with Gasteiger partial charge in [0, 0.05) is 33.7 Å². The van der Waals surface area contributed by atoms with E-state index in [0.717, 1.165) is 5.69 Å². The molecule has 0 unspecified atom stereocenters. The number of aromatic nitrogens is 5. The molecule has 168 valence electrons. The van der Waals surface area contributed by atoms with Gasteiger partial charge < -0.3 is 0 Å². The number of nitrogens with one attached hydrogen (secondary N) is 2. The quantitative estimate of drug-likeness (QED) is 0.299. The van der Waals surface area contributed by atoms with Crippen molar-refractivity contribution in [3.8, 4) is 17.1 Å². The Morgan fingerprint density at radius 1 is 0.941 bits per heavy atom. The van der Waals surface area contributed by atoms with Crippen molar-refractivity contribution < 1.29 is 4.79 Å². The first-order valence-corrected chi connectivity index (χ1v) is 11.1. The van der Waals surface area contributed by atoms with E-state index < -0.39 is 0 Å². The summed E-state index contributed by atoms with van der Waals surface area (Å²) in [7, 11) is 0. The van der Waals surface area contributed by atoms with Crippen LogP contribution in [0.4, 0.5) is 5.82 Å². The minimum Gasteiger partial charge on any atom is -0.280 e. The summed E-state index contributed by atoms with van der Waals surface area (Å²) in [6, 6.07) is 15.7. The highest BCUT2D eigenvalue weighted by atomic mass is 35.5. The lowest BCUT2D eigenvalue weighted by atomic mass is 10.2. The SMILES string of the molecule is O=C(NNc1ncnc2c1nc(-c1ccc(Cl)cc1Cl)n2-c1ccc(Cl)cc1)c1cccnc1. The normalized spacial score (nSPS) is 10.9. The maximum atomic E-state index is 12.5. The first-order chi connectivity index (χ1) is 16.5. The third-order valence-electron chi connectivity index (χ3n) is 4.92.